The number of aliphatic carboxylic acids is 1. The Kier molecular flexibility index (Phi) is 3.88. The zero-order chi connectivity index (χ0) is 14.7. The number of aryl methyl sites for hydroxylation is 1. The van der Waals surface area contributed by atoms with E-state index in [0.717, 1.165) is 5.56 Å². The molecule has 2 rings (SSSR count). The van der Waals surface area contributed by atoms with Gasteiger partial charge in [-0.1, -0.05) is 0 Å². The summed E-state index contributed by atoms with van der Waals surface area (Å²) in [6, 6.07) is 0. The Balaban J connectivity index is 2.56. The van der Waals surface area contributed by atoms with Crippen molar-refractivity contribution in [3.8, 4) is 5.69 Å². The Morgan fingerprint density at radius 2 is 1.95 bits per heavy atom. The number of carboxylic acid groups (broad SMARTS) is 1. The fraction of sp³-hybridized carbons (Fsp3) is 0.308. The molecule has 0 saturated carbocycles. The van der Waals surface area contributed by atoms with Crippen LogP contribution >= 0.6 is 0 Å². The van der Waals surface area contributed by atoms with E-state index in [1.807, 2.05) is 0 Å². The molecule has 2 aromatic heterocycles. The summed E-state index contributed by atoms with van der Waals surface area (Å²) in [5.74, 6) is -0.885. The Hall–Kier alpha value is -2.57. The Morgan fingerprint density at radius 1 is 1.30 bits per heavy atom. The molecule has 0 spiro atoms. The lowest BCUT2D eigenvalue weighted by molar-refractivity contribution is -0.136. The minimum atomic E-state index is -0.885. The molecule has 1 N–H and O–H groups in total. The van der Waals surface area contributed by atoms with Gasteiger partial charge < -0.3 is 5.11 Å². The third kappa shape index (κ3) is 2.71. The molecule has 7 heteroatoms. The first-order chi connectivity index (χ1) is 9.50. The van der Waals surface area contributed by atoms with E-state index < -0.39 is 11.7 Å². The smallest absolute Gasteiger partial charge is 0.352 e. The highest BCUT2D eigenvalue weighted by Crippen LogP contribution is 2.14. The van der Waals surface area contributed by atoms with E-state index in [0.29, 0.717) is 23.5 Å². The quantitative estimate of drug-likeness (QED) is 0.879. The van der Waals surface area contributed by atoms with E-state index in [4.69, 9.17) is 5.11 Å². The lowest BCUT2D eigenvalue weighted by Gasteiger charge is -2.14. The fourth-order valence-corrected chi connectivity index (χ4v) is 2.11. The van der Waals surface area contributed by atoms with Gasteiger partial charge in [-0.25, -0.2) is 14.8 Å². The van der Waals surface area contributed by atoms with E-state index >= 15 is 0 Å². The average Bonchev–Trinajstić information content (AvgIpc) is 2.38. The molecule has 2 heterocycles. The van der Waals surface area contributed by atoms with Crippen LogP contribution in [0.5, 0.6) is 0 Å². The van der Waals surface area contributed by atoms with Crippen LogP contribution in [0.1, 0.15) is 23.4 Å². The van der Waals surface area contributed by atoms with Gasteiger partial charge >= 0.3 is 11.7 Å². The highest BCUT2D eigenvalue weighted by molar-refractivity contribution is 5.67. The van der Waals surface area contributed by atoms with Crippen LogP contribution in [-0.4, -0.2) is 30.6 Å². The number of carbonyl (C=O) groups is 1. The second-order valence-corrected chi connectivity index (χ2v) is 4.37. The fourth-order valence-electron chi connectivity index (χ4n) is 2.11. The van der Waals surface area contributed by atoms with Gasteiger partial charge in [0.15, 0.2) is 0 Å². The zero-order valence-corrected chi connectivity index (χ0v) is 11.2. The van der Waals surface area contributed by atoms with E-state index in [2.05, 4.69) is 15.0 Å². The first-order valence-corrected chi connectivity index (χ1v) is 6.07. The Bertz CT molecular complexity index is 695. The van der Waals surface area contributed by atoms with Gasteiger partial charge in [-0.05, 0) is 25.8 Å². The van der Waals surface area contributed by atoms with Crippen LogP contribution in [0.2, 0.25) is 0 Å². The summed E-state index contributed by atoms with van der Waals surface area (Å²) in [5.41, 5.74) is 2.07. The van der Waals surface area contributed by atoms with Gasteiger partial charge in [0.05, 0.1) is 18.1 Å². The predicted octanol–water partition coefficient (Wildman–Crippen LogP) is 0.657. The van der Waals surface area contributed by atoms with Gasteiger partial charge in [0.1, 0.15) is 6.33 Å². The maximum atomic E-state index is 12.0. The Morgan fingerprint density at radius 3 is 2.55 bits per heavy atom. The lowest BCUT2D eigenvalue weighted by Crippen LogP contribution is -2.26. The number of hydrogen-bond donors (Lipinski definition) is 1. The maximum absolute atomic E-state index is 12.0. The molecule has 0 saturated heterocycles. The van der Waals surface area contributed by atoms with Crippen molar-refractivity contribution in [3.63, 3.8) is 0 Å². The van der Waals surface area contributed by atoms with Crippen LogP contribution in [0.15, 0.2) is 23.5 Å². The normalized spacial score (nSPS) is 10.5. The van der Waals surface area contributed by atoms with Crippen molar-refractivity contribution >= 4 is 5.97 Å². The average molecular weight is 274 g/mol. The second-order valence-electron chi connectivity index (χ2n) is 4.37. The molecule has 0 aliphatic heterocycles. The Labute approximate surface area is 115 Å². The second kappa shape index (κ2) is 5.60. The minimum absolute atomic E-state index is 0.00709. The molecule has 0 aliphatic carbocycles. The largest absolute Gasteiger partial charge is 0.481 e. The van der Waals surface area contributed by atoms with Crippen molar-refractivity contribution in [2.24, 2.45) is 0 Å². The van der Waals surface area contributed by atoms with Crippen LogP contribution in [0.4, 0.5) is 0 Å². The van der Waals surface area contributed by atoms with E-state index in [1.165, 1.54) is 23.3 Å². The summed E-state index contributed by atoms with van der Waals surface area (Å²) in [5, 5.41) is 8.79. The topological polar surface area (TPSA) is 98.0 Å². The van der Waals surface area contributed by atoms with Crippen LogP contribution < -0.4 is 5.69 Å². The van der Waals surface area contributed by atoms with Crippen LogP contribution in [0, 0.1) is 13.8 Å². The third-order valence-electron chi connectivity index (χ3n) is 3.06. The van der Waals surface area contributed by atoms with Crippen molar-refractivity contribution in [2.75, 3.05) is 0 Å². The summed E-state index contributed by atoms with van der Waals surface area (Å²) in [4.78, 5) is 34.4. The molecular formula is C13H14N4O3. The maximum Gasteiger partial charge on any atom is 0.352 e. The summed E-state index contributed by atoms with van der Waals surface area (Å²) >= 11 is 0. The third-order valence-corrected chi connectivity index (χ3v) is 3.06. The predicted molar refractivity (Wildman–Crippen MR) is 70.9 cm³/mol. The van der Waals surface area contributed by atoms with Gasteiger partial charge in [-0.2, -0.15) is 4.98 Å². The summed E-state index contributed by atoms with van der Waals surface area (Å²) in [7, 11) is 0. The molecule has 104 valence electrons. The molecule has 0 aromatic carbocycles. The standard InChI is InChI=1S/C13H14N4O3/c1-8-11(3-4-12(18)19)9(2)17(13(20)16-8)10-5-14-7-15-6-10/h5-7H,3-4H2,1-2H3,(H,18,19). The van der Waals surface area contributed by atoms with Crippen molar-refractivity contribution in [3.05, 3.63) is 46.2 Å². The molecular weight excluding hydrogens is 260 g/mol. The van der Waals surface area contributed by atoms with Gasteiger partial charge in [0.25, 0.3) is 0 Å². The SMILES string of the molecule is Cc1nc(=O)n(-c2cncnc2)c(C)c1CCC(=O)O. The van der Waals surface area contributed by atoms with Gasteiger partial charge in [-0.3, -0.25) is 9.36 Å². The number of carboxylic acids is 1. The molecule has 0 amide bonds. The van der Waals surface area contributed by atoms with Gasteiger partial charge in [0.2, 0.25) is 0 Å². The molecule has 2 aromatic rings. The molecule has 0 radical (unpaired) electrons. The first kappa shape index (κ1) is 13.9. The van der Waals surface area contributed by atoms with Gasteiger partial charge in [-0.15, -0.1) is 0 Å². The summed E-state index contributed by atoms with van der Waals surface area (Å²) < 4.78 is 1.39. The summed E-state index contributed by atoms with van der Waals surface area (Å²) in [6.45, 7) is 3.47. The van der Waals surface area contributed by atoms with Crippen molar-refractivity contribution in [1.29, 1.82) is 0 Å². The first-order valence-electron chi connectivity index (χ1n) is 6.07. The zero-order valence-electron chi connectivity index (χ0n) is 11.2. The molecule has 20 heavy (non-hydrogen) atoms. The number of aromatic nitrogens is 4. The number of hydrogen-bond acceptors (Lipinski definition) is 5. The number of rotatable bonds is 4. The molecule has 0 bridgehead atoms. The van der Waals surface area contributed by atoms with E-state index in [9.17, 15) is 9.59 Å². The van der Waals surface area contributed by atoms with Crippen molar-refractivity contribution < 1.29 is 9.90 Å². The molecule has 0 fully saturated rings. The molecule has 0 unspecified atom stereocenters. The molecule has 0 atom stereocenters. The minimum Gasteiger partial charge on any atom is -0.481 e. The van der Waals surface area contributed by atoms with E-state index in [-0.39, 0.29) is 6.42 Å². The van der Waals surface area contributed by atoms with Gasteiger partial charge in [0, 0.05) is 17.8 Å². The van der Waals surface area contributed by atoms with Crippen LogP contribution in [0.3, 0.4) is 0 Å². The monoisotopic (exact) mass is 274 g/mol. The van der Waals surface area contributed by atoms with Crippen molar-refractivity contribution in [2.45, 2.75) is 26.7 Å². The summed E-state index contributed by atoms with van der Waals surface area (Å²) in [6.07, 6.45) is 4.72. The van der Waals surface area contributed by atoms with Crippen LogP contribution in [0.25, 0.3) is 5.69 Å². The van der Waals surface area contributed by atoms with Crippen LogP contribution in [-0.2, 0) is 11.2 Å². The number of nitrogens with zero attached hydrogens (tertiary/aromatic N) is 4. The lowest BCUT2D eigenvalue weighted by atomic mass is 10.1. The highest BCUT2D eigenvalue weighted by Gasteiger charge is 2.14. The van der Waals surface area contributed by atoms with Crippen molar-refractivity contribution in [1.82, 2.24) is 19.5 Å². The van der Waals surface area contributed by atoms with E-state index in [1.54, 1.807) is 13.8 Å². The molecule has 7 nitrogen and oxygen atoms in total. The highest BCUT2D eigenvalue weighted by atomic mass is 16.4. The molecule has 0 aliphatic rings.